The van der Waals surface area contributed by atoms with E-state index in [1.807, 2.05) is 31.2 Å². The Kier molecular flexibility index (Phi) is 8.61. The lowest BCUT2D eigenvalue weighted by Gasteiger charge is -2.46. The number of rotatable bonds is 9. The van der Waals surface area contributed by atoms with Crippen LogP contribution in [0.4, 0.5) is 4.79 Å². The van der Waals surface area contributed by atoms with E-state index in [9.17, 15) is 20.1 Å². The lowest BCUT2D eigenvalue weighted by Crippen LogP contribution is -2.65. The number of halogens is 1. The standard InChI is InChI=1S/C27H32ClNO9/c1-4-21(29-34-3)17-8-6-16(7-9-17)12-18-13-19(10-11-20(18)28)27-24(32)22(30)23(31)26(38-27,15-37-27)14-36-25(33)35-5-2/h6-11,13,22-24,30-32H,4-5,12,14-15H2,1-3H3. The van der Waals surface area contributed by atoms with E-state index in [0.29, 0.717) is 17.0 Å². The van der Waals surface area contributed by atoms with Gasteiger partial charge in [-0.05, 0) is 48.6 Å². The number of ether oxygens (including phenoxy) is 4. The van der Waals surface area contributed by atoms with E-state index in [2.05, 4.69) is 5.16 Å². The van der Waals surface area contributed by atoms with Crippen molar-refractivity contribution in [1.82, 2.24) is 0 Å². The summed E-state index contributed by atoms with van der Waals surface area (Å²) in [6, 6.07) is 12.9. The van der Waals surface area contributed by atoms with Crippen molar-refractivity contribution in [2.75, 3.05) is 26.9 Å². The molecule has 0 amide bonds. The number of aliphatic hydroxyl groups excluding tert-OH is 3. The quantitative estimate of drug-likeness (QED) is 0.245. The van der Waals surface area contributed by atoms with Gasteiger partial charge in [0.25, 0.3) is 0 Å². The molecule has 0 aromatic heterocycles. The van der Waals surface area contributed by atoms with Gasteiger partial charge < -0.3 is 39.1 Å². The van der Waals surface area contributed by atoms with Gasteiger partial charge in [0, 0.05) is 10.6 Å². The van der Waals surface area contributed by atoms with E-state index in [4.69, 9.17) is 35.4 Å². The van der Waals surface area contributed by atoms with Crippen LogP contribution in [0.3, 0.4) is 0 Å². The van der Waals surface area contributed by atoms with Crippen molar-refractivity contribution in [2.45, 2.75) is 56.4 Å². The van der Waals surface area contributed by atoms with Crippen LogP contribution in [0, 0.1) is 0 Å². The highest BCUT2D eigenvalue weighted by atomic mass is 35.5. The zero-order valence-electron chi connectivity index (χ0n) is 21.4. The first-order valence-corrected chi connectivity index (χ1v) is 12.7. The Hall–Kier alpha value is -2.73. The highest BCUT2D eigenvalue weighted by Gasteiger charge is 2.67. The molecule has 0 radical (unpaired) electrons. The molecule has 2 aliphatic rings. The number of fused-ring (bicyclic) bond motifs is 2. The summed E-state index contributed by atoms with van der Waals surface area (Å²) < 4.78 is 21.9. The maximum Gasteiger partial charge on any atom is 0.508 e. The molecule has 3 N–H and O–H groups in total. The van der Waals surface area contributed by atoms with E-state index >= 15 is 0 Å². The fourth-order valence-corrected chi connectivity index (χ4v) is 4.98. The molecule has 11 heteroatoms. The molecular weight excluding hydrogens is 518 g/mol. The molecule has 4 rings (SSSR count). The average molecular weight is 550 g/mol. The summed E-state index contributed by atoms with van der Waals surface area (Å²) in [6.07, 6.45) is -4.61. The fraction of sp³-hybridized carbons (Fsp3) is 0.481. The van der Waals surface area contributed by atoms with Crippen molar-refractivity contribution in [3.05, 3.63) is 69.7 Å². The molecule has 206 valence electrons. The first-order valence-electron chi connectivity index (χ1n) is 12.4. The third-order valence-corrected chi connectivity index (χ3v) is 7.19. The van der Waals surface area contributed by atoms with Gasteiger partial charge >= 0.3 is 6.16 Å². The molecule has 2 bridgehead atoms. The topological polar surface area (TPSA) is 136 Å². The number of benzene rings is 2. The number of carbonyl (C=O) groups is 1. The predicted octanol–water partition coefficient (Wildman–Crippen LogP) is 2.90. The van der Waals surface area contributed by atoms with E-state index in [0.717, 1.165) is 28.8 Å². The highest BCUT2D eigenvalue weighted by Crippen LogP contribution is 2.50. The lowest BCUT2D eigenvalue weighted by molar-refractivity contribution is -0.329. The van der Waals surface area contributed by atoms with Gasteiger partial charge in [0.05, 0.1) is 18.9 Å². The first-order chi connectivity index (χ1) is 18.2. The number of nitrogens with zero attached hydrogens (tertiary/aromatic N) is 1. The van der Waals surface area contributed by atoms with Gasteiger partial charge in [0.1, 0.15) is 32.0 Å². The number of aliphatic hydroxyl groups is 3. The normalized spacial score (nSPS) is 28.7. The number of hydrogen-bond acceptors (Lipinski definition) is 10. The van der Waals surface area contributed by atoms with Gasteiger partial charge in [-0.15, -0.1) is 0 Å². The minimum Gasteiger partial charge on any atom is -0.435 e. The second-order valence-corrected chi connectivity index (χ2v) is 9.64. The van der Waals surface area contributed by atoms with Crippen LogP contribution in [0.15, 0.2) is 47.6 Å². The van der Waals surface area contributed by atoms with Gasteiger partial charge in [0.15, 0.2) is 5.60 Å². The van der Waals surface area contributed by atoms with Crippen LogP contribution in [0.25, 0.3) is 0 Å². The average Bonchev–Trinajstić information content (AvgIpc) is 3.30. The van der Waals surface area contributed by atoms with E-state index in [1.165, 1.54) is 7.11 Å². The molecule has 2 aliphatic heterocycles. The van der Waals surface area contributed by atoms with Gasteiger partial charge in [-0.3, -0.25) is 0 Å². The molecule has 2 fully saturated rings. The minimum atomic E-state index is -1.81. The number of oxime groups is 1. The summed E-state index contributed by atoms with van der Waals surface area (Å²) in [5.41, 5.74) is 2.27. The van der Waals surface area contributed by atoms with E-state index < -0.39 is 42.5 Å². The molecule has 2 aromatic rings. The molecule has 2 aromatic carbocycles. The Bertz CT molecular complexity index is 1170. The molecular formula is C27H32ClNO9. The molecule has 2 heterocycles. The van der Waals surface area contributed by atoms with Gasteiger partial charge in [-0.1, -0.05) is 54.0 Å². The van der Waals surface area contributed by atoms with Crippen LogP contribution >= 0.6 is 11.6 Å². The largest absolute Gasteiger partial charge is 0.508 e. The molecule has 5 atom stereocenters. The monoisotopic (exact) mass is 549 g/mol. The Labute approximate surface area is 225 Å². The summed E-state index contributed by atoms with van der Waals surface area (Å²) in [4.78, 5) is 16.7. The van der Waals surface area contributed by atoms with Crippen LogP contribution in [-0.4, -0.2) is 78.0 Å². The van der Waals surface area contributed by atoms with Crippen molar-refractivity contribution in [3.8, 4) is 0 Å². The molecule has 38 heavy (non-hydrogen) atoms. The van der Waals surface area contributed by atoms with Gasteiger partial charge in [-0.25, -0.2) is 4.79 Å². The van der Waals surface area contributed by atoms with Crippen molar-refractivity contribution in [2.24, 2.45) is 5.16 Å². The summed E-state index contributed by atoms with van der Waals surface area (Å²) in [6.45, 7) is 3.03. The van der Waals surface area contributed by atoms with Gasteiger partial charge in [0.2, 0.25) is 5.79 Å². The summed E-state index contributed by atoms with van der Waals surface area (Å²) in [5.74, 6) is -1.81. The Balaban J connectivity index is 1.60. The van der Waals surface area contributed by atoms with Crippen molar-refractivity contribution in [1.29, 1.82) is 0 Å². The lowest BCUT2D eigenvalue weighted by atomic mass is 9.83. The molecule has 0 spiro atoms. The van der Waals surface area contributed by atoms with Crippen LogP contribution < -0.4 is 0 Å². The Morgan fingerprint density at radius 3 is 2.50 bits per heavy atom. The summed E-state index contributed by atoms with van der Waals surface area (Å²) >= 11 is 6.52. The van der Waals surface area contributed by atoms with Crippen LogP contribution in [-0.2, 0) is 36.0 Å². The van der Waals surface area contributed by atoms with E-state index in [1.54, 1.807) is 25.1 Å². The summed E-state index contributed by atoms with van der Waals surface area (Å²) in [7, 11) is 1.51. The maximum atomic E-state index is 11.8. The van der Waals surface area contributed by atoms with Gasteiger partial charge in [-0.2, -0.15) is 0 Å². The zero-order chi connectivity index (χ0) is 27.5. The highest BCUT2D eigenvalue weighted by molar-refractivity contribution is 6.31. The zero-order valence-corrected chi connectivity index (χ0v) is 22.2. The maximum absolute atomic E-state index is 11.8. The van der Waals surface area contributed by atoms with E-state index in [-0.39, 0.29) is 13.2 Å². The van der Waals surface area contributed by atoms with Crippen LogP contribution in [0.2, 0.25) is 5.02 Å². The predicted molar refractivity (Wildman–Crippen MR) is 137 cm³/mol. The first kappa shape index (κ1) is 28.3. The second kappa shape index (κ2) is 11.6. The van der Waals surface area contributed by atoms with Crippen molar-refractivity contribution in [3.63, 3.8) is 0 Å². The molecule has 10 nitrogen and oxygen atoms in total. The van der Waals surface area contributed by atoms with Crippen LogP contribution in [0.5, 0.6) is 0 Å². The molecule has 2 saturated heterocycles. The Morgan fingerprint density at radius 1 is 1.11 bits per heavy atom. The number of carbonyl (C=O) groups excluding carboxylic acids is 1. The molecule has 0 aliphatic carbocycles. The third kappa shape index (κ3) is 5.25. The molecule has 0 saturated carbocycles. The number of hydrogen-bond donors (Lipinski definition) is 3. The smallest absolute Gasteiger partial charge is 0.435 e. The summed E-state index contributed by atoms with van der Waals surface area (Å²) in [5, 5.41) is 36.9. The minimum absolute atomic E-state index is 0.105. The second-order valence-electron chi connectivity index (χ2n) is 9.23. The SMILES string of the molecule is CCOC(=O)OCC12COC(c3ccc(Cl)c(Cc4ccc(C(CC)=NOC)cc4)c3)(O1)C(O)C(O)C2O. The Morgan fingerprint density at radius 2 is 1.84 bits per heavy atom. The fourth-order valence-electron chi connectivity index (χ4n) is 4.79. The van der Waals surface area contributed by atoms with Crippen molar-refractivity contribution >= 4 is 23.5 Å². The van der Waals surface area contributed by atoms with Crippen LogP contribution in [0.1, 0.15) is 42.5 Å². The molecule has 5 unspecified atom stereocenters. The third-order valence-electron chi connectivity index (χ3n) is 6.82. The van der Waals surface area contributed by atoms with Crippen molar-refractivity contribution < 1.29 is 43.9 Å².